The van der Waals surface area contributed by atoms with E-state index in [0.29, 0.717) is 52.4 Å². The number of nitrogens with one attached hydrogen (secondary N) is 8. The van der Waals surface area contributed by atoms with Crippen molar-refractivity contribution >= 4 is 132 Å². The van der Waals surface area contributed by atoms with Crippen LogP contribution in [0.15, 0.2) is 60.7 Å². The van der Waals surface area contributed by atoms with E-state index in [9.17, 15) is 33.6 Å². The first kappa shape index (κ1) is 95.4. The molecule has 0 saturated carbocycles. The van der Waals surface area contributed by atoms with Crippen LogP contribution in [0.1, 0.15) is 30.4 Å². The minimum absolute atomic E-state index is 0.00486. The zero-order valence-corrected chi connectivity index (χ0v) is 61.1. The fourth-order valence-corrected chi connectivity index (χ4v) is 11.3. The zero-order chi connectivity index (χ0) is 69.4. The summed E-state index contributed by atoms with van der Waals surface area (Å²) in [5.74, 6) is 4.94. The highest BCUT2D eigenvalue weighted by atomic mass is 33.1. The molecule has 35 heteroatoms. The third-order valence-corrected chi connectivity index (χ3v) is 17.8. The highest BCUT2D eigenvalue weighted by Gasteiger charge is 2.34. The quantitative estimate of drug-likeness (QED) is 0.0111. The van der Waals surface area contributed by atoms with E-state index in [2.05, 4.69) is 77.3 Å². The van der Waals surface area contributed by atoms with Crippen LogP contribution in [0, 0.1) is 0 Å². The van der Waals surface area contributed by atoms with Crippen LogP contribution in [0.2, 0.25) is 0 Å². The van der Waals surface area contributed by atoms with E-state index in [1.165, 1.54) is 0 Å². The van der Waals surface area contributed by atoms with E-state index >= 15 is 0 Å². The van der Waals surface area contributed by atoms with Crippen molar-refractivity contribution in [1.29, 1.82) is 0 Å². The van der Waals surface area contributed by atoms with Gasteiger partial charge in [-0.15, -0.1) is 0 Å². The summed E-state index contributed by atoms with van der Waals surface area (Å²) in [6.45, 7) is 11.6. The molecule has 534 valence electrons. The van der Waals surface area contributed by atoms with Crippen LogP contribution in [0.3, 0.4) is 0 Å². The van der Waals surface area contributed by atoms with Gasteiger partial charge in [0.05, 0.1) is 57.8 Å². The van der Waals surface area contributed by atoms with Crippen molar-refractivity contribution in [1.82, 2.24) is 42.5 Å². The van der Waals surface area contributed by atoms with Gasteiger partial charge in [0.15, 0.2) is 0 Å². The van der Waals surface area contributed by atoms with Gasteiger partial charge in [0.1, 0.15) is 19.3 Å². The molecule has 0 bridgehead atoms. The van der Waals surface area contributed by atoms with Gasteiger partial charge >= 0.3 is 24.0 Å². The number of likely N-dealkylation sites (N-methyl/N-ethyl adjacent to an activating group) is 2. The number of cyclic esters (lactones) is 2. The number of esters is 3. The van der Waals surface area contributed by atoms with Crippen LogP contribution in [-0.2, 0) is 75.1 Å². The fraction of sp³-hybridized carbons (Fsp3) is 0.667. The number of thiol groups is 2. The second-order valence-corrected chi connectivity index (χ2v) is 26.7. The number of carbonyl (C=O) groups excluding carboxylic acids is 7. The lowest BCUT2D eigenvalue weighted by atomic mass is 10.2. The molecule has 1 heterocycles. The van der Waals surface area contributed by atoms with Gasteiger partial charge < -0.3 is 104 Å². The number of amides is 4. The van der Waals surface area contributed by atoms with E-state index in [-0.39, 0.29) is 50.2 Å². The number of ether oxygens (including phenoxy) is 7. The lowest BCUT2D eigenvalue weighted by Crippen LogP contribution is -2.46. The van der Waals surface area contributed by atoms with Crippen molar-refractivity contribution in [2.45, 2.75) is 50.6 Å². The highest BCUT2D eigenvalue weighted by Crippen LogP contribution is 2.21. The van der Waals surface area contributed by atoms with Gasteiger partial charge in [-0.3, -0.25) is 24.0 Å². The van der Waals surface area contributed by atoms with Gasteiger partial charge in [0.2, 0.25) is 17.7 Å². The van der Waals surface area contributed by atoms with Gasteiger partial charge in [-0.2, -0.15) is 25.3 Å². The lowest BCUT2D eigenvalue weighted by Gasteiger charge is -2.16. The molecule has 92 heavy (non-hydrogen) atoms. The Morgan fingerprint density at radius 1 is 0.511 bits per heavy atom. The Balaban J connectivity index is -0.000000535. The van der Waals surface area contributed by atoms with Crippen molar-refractivity contribution in [3.05, 3.63) is 71.8 Å². The molecular formula is C57H109N13O14S8. The highest BCUT2D eigenvalue weighted by molar-refractivity contribution is 8.77. The summed E-state index contributed by atoms with van der Waals surface area (Å²) in [4.78, 5) is 81.1. The molecule has 1 aliphatic rings. The van der Waals surface area contributed by atoms with Crippen molar-refractivity contribution in [2.75, 3.05) is 194 Å². The van der Waals surface area contributed by atoms with E-state index in [1.807, 2.05) is 71.5 Å². The second kappa shape index (κ2) is 77.0. The summed E-state index contributed by atoms with van der Waals surface area (Å²) in [5.41, 5.74) is 27.7. The summed E-state index contributed by atoms with van der Waals surface area (Å²) in [5, 5.41) is 22.5. The van der Waals surface area contributed by atoms with Crippen molar-refractivity contribution in [3.8, 4) is 0 Å². The monoisotopic (exact) mass is 1460 g/mol. The number of hydrogen-bond donors (Lipinski definition) is 15. The number of nitrogens with two attached hydrogens (primary N) is 5. The summed E-state index contributed by atoms with van der Waals surface area (Å²) in [6, 6.07) is 16.6. The maximum absolute atomic E-state index is 12.1. The molecule has 1 saturated heterocycles. The average Bonchev–Trinajstić information content (AvgIpc) is 2.50. The normalized spacial score (nSPS) is 12.3. The van der Waals surface area contributed by atoms with E-state index in [4.69, 9.17) is 52.4 Å². The zero-order valence-electron chi connectivity index (χ0n) is 54.5. The molecule has 18 N–H and O–H groups in total. The Morgan fingerprint density at radius 2 is 0.924 bits per heavy atom. The largest absolute Gasteiger partial charge is 0.461 e. The van der Waals surface area contributed by atoms with E-state index in [0.717, 1.165) is 110 Å². The van der Waals surface area contributed by atoms with Gasteiger partial charge in [0.25, 0.3) is 0 Å². The van der Waals surface area contributed by atoms with Gasteiger partial charge in [-0.25, -0.2) is 9.59 Å². The number of methoxy groups -OCH3 is 4. The number of carbonyl (C=O) groups is 7. The van der Waals surface area contributed by atoms with Crippen LogP contribution in [0.4, 0.5) is 4.79 Å². The van der Waals surface area contributed by atoms with Crippen LogP contribution in [-0.4, -0.2) is 253 Å². The molecule has 3 unspecified atom stereocenters. The Hall–Kier alpha value is -2.99. The van der Waals surface area contributed by atoms with Crippen LogP contribution in [0.5, 0.6) is 0 Å². The molecule has 3 rings (SSSR count). The van der Waals surface area contributed by atoms with E-state index in [1.54, 1.807) is 96.5 Å². The average molecular weight is 1460 g/mol. The molecule has 1 aliphatic heterocycles. The summed E-state index contributed by atoms with van der Waals surface area (Å²) in [7, 11) is 20.5. The third-order valence-electron chi connectivity index (χ3n) is 10.3. The predicted molar refractivity (Wildman–Crippen MR) is 390 cm³/mol. The third kappa shape index (κ3) is 68.4. The van der Waals surface area contributed by atoms with Gasteiger partial charge in [-0.05, 0) is 25.2 Å². The smallest absolute Gasteiger partial charge is 0.415 e. The predicted octanol–water partition coefficient (Wildman–Crippen LogP) is 1.28. The van der Waals surface area contributed by atoms with Crippen LogP contribution < -0.4 is 71.2 Å². The summed E-state index contributed by atoms with van der Waals surface area (Å²) < 4.78 is 33.8. The van der Waals surface area contributed by atoms with E-state index < -0.39 is 42.1 Å². The second-order valence-electron chi connectivity index (χ2n) is 17.7. The molecule has 27 nitrogen and oxygen atoms in total. The fourth-order valence-electron chi connectivity index (χ4n) is 5.73. The number of hydrogen-bond acceptors (Lipinski definition) is 31. The molecule has 1 fully saturated rings. The Kier molecular flexibility index (Phi) is 79.9. The molecular weight excluding hydrogens is 1350 g/mol. The Bertz CT molecular complexity index is 2010. The van der Waals surface area contributed by atoms with Crippen molar-refractivity contribution < 1.29 is 66.7 Å². The summed E-state index contributed by atoms with van der Waals surface area (Å²) >= 11 is 7.67. The first-order valence-corrected chi connectivity index (χ1v) is 38.3. The standard InChI is InChI=1S/C17H26N2O4S2.C14H31N5O3S2.C12H11NO5.C5H13NOS2.C4H13N3.C3H8OS.C2H7NS/c1-18-15(17(21)19-8-10-24-25-11-9-22-2)12-16(20)23-13-14-6-4-3-5-7-14;1-16-12(11-13(20)18-6-5-17-4-3-15)14(21)19-7-9-23-24-10-8-22-2;14-10(6-9-11(15)18-12(16)13-9)17-7-8-4-2-1-3-5-8;1-7-3-5-9-8-4-2-6;5-1-3-7-4-2-6;1-4-2-3-5;3-1-2-4/h3-7,15,18H,8-13H2,1-2H3,(H,19,21);12,16-17H,3-11,15H2,1-2H3,(H,18,20)(H,19,21);1-5,9H,6-7H2,(H,13,16);2-6H2,1H3;7H,1-6H2;5H,2-3H2,1H3;4H,1-3H2. The van der Waals surface area contributed by atoms with Crippen LogP contribution >= 0.6 is 90.0 Å². The first-order valence-electron chi connectivity index (χ1n) is 29.5. The lowest BCUT2D eigenvalue weighted by molar-refractivity contribution is -0.148. The molecule has 3 atom stereocenters. The maximum Gasteiger partial charge on any atom is 0.415 e. The van der Waals surface area contributed by atoms with Gasteiger partial charge in [-0.1, -0.05) is 125 Å². The number of rotatable bonds is 46. The first-order chi connectivity index (χ1) is 44.6. The molecule has 0 aliphatic carbocycles. The minimum atomic E-state index is -0.944. The molecule has 0 spiro atoms. The molecule has 4 amide bonds. The number of alkyl carbamates (subject to hydrolysis) is 1. The Morgan fingerprint density at radius 3 is 1.29 bits per heavy atom. The minimum Gasteiger partial charge on any atom is -0.461 e. The maximum atomic E-state index is 12.1. The van der Waals surface area contributed by atoms with Crippen LogP contribution in [0.25, 0.3) is 0 Å². The number of benzene rings is 2. The summed E-state index contributed by atoms with van der Waals surface area (Å²) in [6.07, 6.45) is -0.932. The Labute approximate surface area is 581 Å². The molecule has 2 aromatic carbocycles. The van der Waals surface area contributed by atoms with Gasteiger partial charge in [0, 0.05) is 153 Å². The topological polar surface area (TPSA) is 410 Å². The van der Waals surface area contributed by atoms with Crippen molar-refractivity contribution in [2.24, 2.45) is 28.7 Å². The molecule has 0 aromatic heterocycles. The molecule has 2 aromatic rings. The SMILES string of the molecule is CNC(CC(=O)NCCNCCN)C(=O)NCCSSCCOC.CNC(CC(=O)OCc1ccccc1)C(=O)NCCSSCCOC.COCCS.COCCSSCCN.NCCNCCN.NCCS.O=C(CC1NC(=O)OC1=O)OCc1ccccc1. The molecule has 0 radical (unpaired) electrons. The van der Waals surface area contributed by atoms with Crippen molar-refractivity contribution in [3.63, 3.8) is 0 Å².